The third-order valence-corrected chi connectivity index (χ3v) is 5.98. The van der Waals surface area contributed by atoms with Crippen LogP contribution in [0.25, 0.3) is 11.3 Å². The summed E-state index contributed by atoms with van der Waals surface area (Å²) in [6.07, 6.45) is 6.84. The van der Waals surface area contributed by atoms with Crippen molar-refractivity contribution in [3.8, 4) is 11.3 Å². The van der Waals surface area contributed by atoms with Crippen LogP contribution in [0.15, 0.2) is 41.3 Å². The van der Waals surface area contributed by atoms with Crippen molar-refractivity contribution >= 4 is 5.91 Å². The van der Waals surface area contributed by atoms with E-state index in [4.69, 9.17) is 4.52 Å². The van der Waals surface area contributed by atoms with Crippen molar-refractivity contribution in [2.45, 2.75) is 43.4 Å². The number of hydrogen-bond acceptors (Lipinski definition) is 6. The SMILES string of the molecule is Cn1cc(-c2cc(C(=O)N3C4CCC3CC(O)(c3cccnc3F)C4)on2)cn1. The Bertz CT molecular complexity index is 1060. The van der Waals surface area contributed by atoms with Gasteiger partial charge in [0.25, 0.3) is 5.91 Å². The fourth-order valence-corrected chi connectivity index (χ4v) is 4.70. The van der Waals surface area contributed by atoms with E-state index in [1.807, 2.05) is 0 Å². The molecule has 2 saturated heterocycles. The van der Waals surface area contributed by atoms with E-state index in [9.17, 15) is 14.3 Å². The molecule has 1 amide bonds. The van der Waals surface area contributed by atoms with Crippen molar-refractivity contribution in [2.24, 2.45) is 7.05 Å². The molecule has 1 N–H and O–H groups in total. The minimum Gasteiger partial charge on any atom is -0.385 e. The molecule has 0 aromatic carbocycles. The Morgan fingerprint density at radius 2 is 2.10 bits per heavy atom. The largest absolute Gasteiger partial charge is 0.385 e. The molecular weight excluding hydrogens is 377 g/mol. The van der Waals surface area contributed by atoms with Gasteiger partial charge in [0.15, 0.2) is 0 Å². The standard InChI is InChI=1S/C20H20FN5O3/c1-25-11-12(10-23-25)16-7-17(29-24-16)19(27)26-13-4-5-14(26)9-20(28,8-13)15-3-2-6-22-18(15)21/h2-3,6-7,10-11,13-14,28H,4-5,8-9H2,1H3. The first-order valence-electron chi connectivity index (χ1n) is 9.56. The number of rotatable bonds is 3. The van der Waals surface area contributed by atoms with Crippen molar-refractivity contribution in [3.63, 3.8) is 0 Å². The van der Waals surface area contributed by atoms with Crippen LogP contribution in [0.4, 0.5) is 4.39 Å². The highest BCUT2D eigenvalue weighted by Gasteiger charge is 2.51. The molecule has 5 heterocycles. The number of aliphatic hydroxyl groups is 1. The Balaban J connectivity index is 1.39. The molecule has 2 atom stereocenters. The molecule has 29 heavy (non-hydrogen) atoms. The number of carbonyl (C=O) groups excluding carboxylic acids is 1. The molecule has 8 nitrogen and oxygen atoms in total. The van der Waals surface area contributed by atoms with Gasteiger partial charge in [-0.2, -0.15) is 9.49 Å². The molecule has 0 saturated carbocycles. The number of pyridine rings is 1. The van der Waals surface area contributed by atoms with Crippen molar-refractivity contribution in [1.82, 2.24) is 24.8 Å². The molecule has 2 fully saturated rings. The molecule has 0 aliphatic carbocycles. The number of fused-ring (bicyclic) bond motifs is 2. The van der Waals surface area contributed by atoms with Crippen molar-refractivity contribution in [2.75, 3.05) is 0 Å². The van der Waals surface area contributed by atoms with Crippen LogP contribution in [-0.2, 0) is 12.6 Å². The summed E-state index contributed by atoms with van der Waals surface area (Å²) < 4.78 is 21.2. The first-order valence-corrected chi connectivity index (χ1v) is 9.56. The van der Waals surface area contributed by atoms with E-state index < -0.39 is 11.5 Å². The number of carbonyl (C=O) groups is 1. The zero-order valence-corrected chi connectivity index (χ0v) is 15.8. The lowest BCUT2D eigenvalue weighted by molar-refractivity contribution is -0.0512. The van der Waals surface area contributed by atoms with E-state index in [0.717, 1.165) is 18.4 Å². The first kappa shape index (κ1) is 18.0. The van der Waals surface area contributed by atoms with Crippen LogP contribution in [0.1, 0.15) is 41.8 Å². The highest BCUT2D eigenvalue weighted by molar-refractivity contribution is 5.93. The zero-order chi connectivity index (χ0) is 20.2. The molecule has 2 aliphatic rings. The van der Waals surface area contributed by atoms with Crippen molar-refractivity contribution < 1.29 is 18.8 Å². The van der Waals surface area contributed by atoms with Gasteiger partial charge in [-0.05, 0) is 18.9 Å². The maximum Gasteiger partial charge on any atom is 0.292 e. The van der Waals surface area contributed by atoms with Crippen LogP contribution in [0.3, 0.4) is 0 Å². The van der Waals surface area contributed by atoms with Crippen LogP contribution in [-0.4, -0.2) is 47.9 Å². The molecule has 150 valence electrons. The van der Waals surface area contributed by atoms with Crippen LogP contribution in [0, 0.1) is 5.95 Å². The molecule has 3 aromatic heterocycles. The van der Waals surface area contributed by atoms with Gasteiger partial charge < -0.3 is 14.5 Å². The fourth-order valence-electron chi connectivity index (χ4n) is 4.70. The van der Waals surface area contributed by atoms with Crippen LogP contribution < -0.4 is 0 Å². The maximum absolute atomic E-state index is 14.2. The molecule has 2 unspecified atom stereocenters. The van der Waals surface area contributed by atoms with Crippen LogP contribution >= 0.6 is 0 Å². The number of aromatic nitrogens is 4. The number of nitrogens with zero attached hydrogens (tertiary/aromatic N) is 5. The highest BCUT2D eigenvalue weighted by Crippen LogP contribution is 2.46. The number of hydrogen-bond donors (Lipinski definition) is 1. The van der Waals surface area contributed by atoms with Gasteiger partial charge in [0.2, 0.25) is 11.7 Å². The summed E-state index contributed by atoms with van der Waals surface area (Å²) in [5, 5.41) is 19.3. The Morgan fingerprint density at radius 1 is 1.34 bits per heavy atom. The monoisotopic (exact) mass is 397 g/mol. The quantitative estimate of drug-likeness (QED) is 0.681. The zero-order valence-electron chi connectivity index (χ0n) is 15.8. The molecule has 2 aliphatic heterocycles. The molecule has 0 radical (unpaired) electrons. The smallest absolute Gasteiger partial charge is 0.292 e. The predicted molar refractivity (Wildman–Crippen MR) is 99.0 cm³/mol. The second kappa shape index (κ2) is 6.48. The molecule has 3 aromatic rings. The number of piperidine rings is 1. The molecule has 2 bridgehead atoms. The predicted octanol–water partition coefficient (Wildman–Crippen LogP) is 2.26. The summed E-state index contributed by atoms with van der Waals surface area (Å²) in [4.78, 5) is 18.6. The van der Waals surface area contributed by atoms with E-state index in [2.05, 4.69) is 15.2 Å². The van der Waals surface area contributed by atoms with E-state index in [1.165, 1.54) is 6.20 Å². The Hall–Kier alpha value is -3.07. The van der Waals surface area contributed by atoms with Gasteiger partial charge in [0.1, 0.15) is 5.69 Å². The van der Waals surface area contributed by atoms with Gasteiger partial charge in [-0.1, -0.05) is 11.2 Å². The minimum atomic E-state index is -1.33. The normalized spacial score (nSPS) is 26.1. The summed E-state index contributed by atoms with van der Waals surface area (Å²) >= 11 is 0. The summed E-state index contributed by atoms with van der Waals surface area (Å²) in [6.45, 7) is 0. The van der Waals surface area contributed by atoms with Gasteiger partial charge in [-0.15, -0.1) is 0 Å². The topological polar surface area (TPSA) is 97.3 Å². The third kappa shape index (κ3) is 2.93. The fraction of sp³-hybridized carbons (Fsp3) is 0.400. The van der Waals surface area contributed by atoms with Crippen LogP contribution in [0.5, 0.6) is 0 Å². The van der Waals surface area contributed by atoms with E-state index in [0.29, 0.717) is 5.69 Å². The Kier molecular flexibility index (Phi) is 4.02. The summed E-state index contributed by atoms with van der Waals surface area (Å²) in [6, 6.07) is 4.40. The van der Waals surface area contributed by atoms with Crippen molar-refractivity contribution in [3.05, 3.63) is 54.1 Å². The molecular formula is C20H20FN5O3. The third-order valence-electron chi connectivity index (χ3n) is 5.98. The van der Waals surface area contributed by atoms with Crippen molar-refractivity contribution in [1.29, 1.82) is 0 Å². The number of halogens is 1. The van der Waals surface area contributed by atoms with Crippen LogP contribution in [0.2, 0.25) is 0 Å². The van der Waals surface area contributed by atoms with Gasteiger partial charge in [0.05, 0.1) is 11.8 Å². The summed E-state index contributed by atoms with van der Waals surface area (Å²) in [7, 11) is 1.80. The van der Waals surface area contributed by atoms with Gasteiger partial charge in [0, 0.05) is 61.6 Å². The second-order valence-corrected chi connectivity index (χ2v) is 7.86. The van der Waals surface area contributed by atoms with E-state index in [1.54, 1.807) is 47.2 Å². The molecule has 5 rings (SSSR count). The second-order valence-electron chi connectivity index (χ2n) is 7.86. The van der Waals surface area contributed by atoms with Gasteiger partial charge in [-0.25, -0.2) is 4.98 Å². The van der Waals surface area contributed by atoms with E-state index in [-0.39, 0.29) is 42.2 Å². The van der Waals surface area contributed by atoms with Gasteiger partial charge >= 0.3 is 0 Å². The lowest BCUT2D eigenvalue weighted by atomic mass is 9.81. The lowest BCUT2D eigenvalue weighted by Crippen LogP contribution is -2.52. The van der Waals surface area contributed by atoms with E-state index >= 15 is 0 Å². The average molecular weight is 397 g/mol. The van der Waals surface area contributed by atoms with Gasteiger partial charge in [-0.3, -0.25) is 9.48 Å². The first-order chi connectivity index (χ1) is 13.9. The minimum absolute atomic E-state index is 0.152. The number of aryl methyl sites for hydroxylation is 1. The maximum atomic E-state index is 14.2. The summed E-state index contributed by atoms with van der Waals surface area (Å²) in [5.74, 6) is -0.766. The molecule has 9 heteroatoms. The highest BCUT2D eigenvalue weighted by atomic mass is 19.1. The lowest BCUT2D eigenvalue weighted by Gasteiger charge is -2.43. The molecule has 0 spiro atoms. The summed E-state index contributed by atoms with van der Waals surface area (Å²) in [5.41, 5.74) is 0.170. The Morgan fingerprint density at radius 3 is 2.76 bits per heavy atom. The average Bonchev–Trinajstić information content (AvgIpc) is 3.40. The number of amides is 1. The Labute approximate surface area is 165 Å².